The van der Waals surface area contributed by atoms with Crippen molar-refractivity contribution in [3.05, 3.63) is 35.9 Å². The molecule has 0 aromatic heterocycles. The number of hydrogen-bond donors (Lipinski definition) is 2. The third-order valence-corrected chi connectivity index (χ3v) is 3.98. The summed E-state index contributed by atoms with van der Waals surface area (Å²) in [6.07, 6.45) is 0.469. The van der Waals surface area contributed by atoms with Crippen LogP contribution >= 0.6 is 7.60 Å². The van der Waals surface area contributed by atoms with Crippen molar-refractivity contribution in [1.82, 2.24) is 5.06 Å². The number of carbonyl (C=O) groups is 1. The summed E-state index contributed by atoms with van der Waals surface area (Å²) >= 11 is 0. The van der Waals surface area contributed by atoms with Gasteiger partial charge in [-0.2, -0.15) is 0 Å². The Morgan fingerprint density at radius 2 is 1.95 bits per heavy atom. The third kappa shape index (κ3) is 9.42. The first kappa shape index (κ1) is 20.8. The van der Waals surface area contributed by atoms with E-state index in [-0.39, 0.29) is 36.0 Å². The Morgan fingerprint density at radius 1 is 1.38 bits per heavy atom. The summed E-state index contributed by atoms with van der Waals surface area (Å²) in [4.78, 5) is 31.4. The molecule has 0 saturated carbocycles. The van der Waals surface area contributed by atoms with Gasteiger partial charge in [0, 0.05) is 19.6 Å². The van der Waals surface area contributed by atoms with Crippen LogP contribution < -0.4 is 34.5 Å². The molecule has 0 bridgehead atoms. The van der Waals surface area contributed by atoms with Crippen molar-refractivity contribution in [1.29, 1.82) is 0 Å². The summed E-state index contributed by atoms with van der Waals surface area (Å²) < 4.78 is 11.0. The van der Waals surface area contributed by atoms with Gasteiger partial charge in [-0.25, -0.2) is 5.06 Å². The zero-order chi connectivity index (χ0) is 15.2. The maximum Gasteiger partial charge on any atom is 1.00 e. The normalized spacial score (nSPS) is 14.7. The molecule has 8 heteroatoms. The number of rotatable bonds is 7. The minimum absolute atomic E-state index is 0. The molecule has 0 fully saturated rings. The monoisotopic (exact) mass is 323 g/mol. The Hall–Kier alpha value is -0.200. The minimum atomic E-state index is -4.43. The Balaban J connectivity index is 0.00000400. The Kier molecular flexibility index (Phi) is 9.65. The van der Waals surface area contributed by atoms with Crippen LogP contribution in [-0.2, 0) is 15.8 Å². The molecule has 1 aromatic carbocycles. The molecular formula is C13H19NNaO5P. The van der Waals surface area contributed by atoms with E-state index in [4.69, 9.17) is 10.1 Å². The molecule has 0 heterocycles. The van der Waals surface area contributed by atoms with Gasteiger partial charge >= 0.3 is 29.6 Å². The van der Waals surface area contributed by atoms with E-state index in [1.54, 1.807) is 0 Å². The van der Waals surface area contributed by atoms with Crippen molar-refractivity contribution < 1.29 is 53.9 Å². The second-order valence-electron chi connectivity index (χ2n) is 4.83. The first-order valence-electron chi connectivity index (χ1n) is 6.30. The Bertz CT molecular complexity index is 477. The molecule has 1 aromatic rings. The molecule has 112 valence electrons. The summed E-state index contributed by atoms with van der Waals surface area (Å²) in [5.74, 6) is -1.10. The molecule has 21 heavy (non-hydrogen) atoms. The van der Waals surface area contributed by atoms with Crippen LogP contribution in [0.5, 0.6) is 0 Å². The van der Waals surface area contributed by atoms with E-state index in [1.165, 1.54) is 7.05 Å². The van der Waals surface area contributed by atoms with Crippen LogP contribution in [0.2, 0.25) is 0 Å². The van der Waals surface area contributed by atoms with Gasteiger partial charge in [-0.1, -0.05) is 30.3 Å². The van der Waals surface area contributed by atoms with Crippen molar-refractivity contribution in [2.75, 3.05) is 13.2 Å². The van der Waals surface area contributed by atoms with E-state index in [1.807, 2.05) is 30.3 Å². The maximum atomic E-state index is 11.5. The van der Waals surface area contributed by atoms with Gasteiger partial charge in [0.1, 0.15) is 7.60 Å². The molecule has 0 saturated heterocycles. The summed E-state index contributed by atoms with van der Waals surface area (Å²) in [5, 5.41) is 9.46. The molecule has 2 atom stereocenters. The number of hydroxylamine groups is 2. The molecule has 1 amide bonds. The molecule has 0 aliphatic rings. The van der Waals surface area contributed by atoms with Gasteiger partial charge in [-0.15, -0.1) is 0 Å². The molecule has 2 unspecified atom stereocenters. The molecular weight excluding hydrogens is 304 g/mol. The fourth-order valence-corrected chi connectivity index (χ4v) is 2.94. The second kappa shape index (κ2) is 9.74. The summed E-state index contributed by atoms with van der Waals surface area (Å²) in [6, 6.07) is 9.45. The summed E-state index contributed by atoms with van der Waals surface area (Å²) in [6.45, 7) is 0. The topological polar surface area (TPSA) is 101 Å². The van der Waals surface area contributed by atoms with Crippen molar-refractivity contribution >= 4 is 13.5 Å². The van der Waals surface area contributed by atoms with Crippen LogP contribution in [-0.4, -0.2) is 34.3 Å². The maximum absolute atomic E-state index is 11.5. The van der Waals surface area contributed by atoms with Crippen molar-refractivity contribution in [3.63, 3.8) is 0 Å². The van der Waals surface area contributed by atoms with Gasteiger partial charge in [-0.3, -0.25) is 10.0 Å². The number of amides is 1. The standard InChI is InChI=1S/C13H20NO5P.Na/c1-14(16)13(15)9-12(10-20(17,18)19)8-7-11-5-3-2-4-6-11;/h2-6,12,16H,7-10H2,1H3,(H2,17,18,19);/q;+1/p-1. The zero-order valence-electron chi connectivity index (χ0n) is 12.3. The van der Waals surface area contributed by atoms with Crippen molar-refractivity contribution in [3.8, 4) is 0 Å². The quantitative estimate of drug-likeness (QED) is 0.262. The number of aryl methyl sites for hydroxylation is 1. The van der Waals surface area contributed by atoms with Crippen LogP contribution in [0.15, 0.2) is 30.3 Å². The van der Waals surface area contributed by atoms with Gasteiger partial charge in [0.15, 0.2) is 0 Å². The van der Waals surface area contributed by atoms with E-state index in [0.717, 1.165) is 5.56 Å². The predicted octanol–water partition coefficient (Wildman–Crippen LogP) is -1.98. The van der Waals surface area contributed by atoms with Crippen LogP contribution in [0.3, 0.4) is 0 Å². The van der Waals surface area contributed by atoms with Crippen LogP contribution in [0.25, 0.3) is 0 Å². The van der Waals surface area contributed by atoms with Gasteiger partial charge in [0.05, 0.1) is 0 Å². The molecule has 1 rings (SSSR count). The zero-order valence-corrected chi connectivity index (χ0v) is 15.2. The average molecular weight is 323 g/mol. The van der Waals surface area contributed by atoms with Gasteiger partial charge in [0.25, 0.3) is 0 Å². The number of hydrogen-bond acceptors (Lipinski definition) is 4. The van der Waals surface area contributed by atoms with E-state index >= 15 is 0 Å². The number of benzene rings is 1. The Morgan fingerprint density at radius 3 is 2.43 bits per heavy atom. The van der Waals surface area contributed by atoms with E-state index in [2.05, 4.69) is 0 Å². The second-order valence-corrected chi connectivity index (χ2v) is 6.47. The minimum Gasteiger partial charge on any atom is -0.779 e. The van der Waals surface area contributed by atoms with E-state index in [9.17, 15) is 14.3 Å². The first-order valence-corrected chi connectivity index (χ1v) is 8.06. The van der Waals surface area contributed by atoms with Gasteiger partial charge in [0.2, 0.25) is 5.91 Å². The largest absolute Gasteiger partial charge is 1.00 e. The van der Waals surface area contributed by atoms with Crippen molar-refractivity contribution in [2.45, 2.75) is 19.3 Å². The SMILES string of the molecule is CN(O)C(=O)CC(CCc1ccccc1)CP(=O)([O-])O.[Na+]. The Labute approximate surface area is 146 Å². The fourth-order valence-electron chi connectivity index (χ4n) is 1.98. The molecule has 0 spiro atoms. The van der Waals surface area contributed by atoms with Gasteiger partial charge in [-0.05, 0) is 24.3 Å². The molecule has 6 nitrogen and oxygen atoms in total. The van der Waals surface area contributed by atoms with Crippen LogP contribution in [0, 0.1) is 5.92 Å². The van der Waals surface area contributed by atoms with E-state index < -0.39 is 25.6 Å². The molecule has 0 aliphatic heterocycles. The van der Waals surface area contributed by atoms with Crippen LogP contribution in [0.4, 0.5) is 0 Å². The van der Waals surface area contributed by atoms with Gasteiger partial charge < -0.3 is 14.4 Å². The average Bonchev–Trinajstić information content (AvgIpc) is 2.35. The molecule has 0 aliphatic carbocycles. The first-order chi connectivity index (χ1) is 9.28. The van der Waals surface area contributed by atoms with Crippen LogP contribution in [0.1, 0.15) is 18.4 Å². The van der Waals surface area contributed by atoms with E-state index in [0.29, 0.717) is 17.9 Å². The number of nitrogens with zero attached hydrogens (tertiary/aromatic N) is 1. The fraction of sp³-hybridized carbons (Fsp3) is 0.462. The molecule has 0 radical (unpaired) electrons. The number of carbonyl (C=O) groups excluding carboxylic acids is 1. The third-order valence-electron chi connectivity index (χ3n) is 3.00. The summed E-state index contributed by atoms with van der Waals surface area (Å²) in [5.41, 5.74) is 1.03. The molecule has 2 N–H and O–H groups in total. The predicted molar refractivity (Wildman–Crippen MR) is 72.1 cm³/mol. The smallest absolute Gasteiger partial charge is 0.779 e. The summed E-state index contributed by atoms with van der Waals surface area (Å²) in [7, 11) is -3.25. The van der Waals surface area contributed by atoms with Crippen molar-refractivity contribution in [2.24, 2.45) is 5.92 Å².